The Morgan fingerprint density at radius 1 is 0.944 bits per heavy atom. The Balaban J connectivity index is 0.00000253. The monoisotopic (exact) mass is 534 g/mol. The fourth-order valence-electron chi connectivity index (χ4n) is 3.99. The molecule has 2 aliphatic heterocycles. The van der Waals surface area contributed by atoms with Crippen LogP contribution in [0.15, 0.2) is 59.5 Å². The van der Waals surface area contributed by atoms with Gasteiger partial charge in [-0.05, 0) is 66.7 Å². The van der Waals surface area contributed by atoms with Crippen molar-refractivity contribution in [3.8, 4) is 0 Å². The number of nitrogens with one attached hydrogen (secondary N) is 2. The molecule has 0 atom stereocenters. The van der Waals surface area contributed by atoms with Crippen LogP contribution in [0.3, 0.4) is 0 Å². The van der Waals surface area contributed by atoms with Crippen LogP contribution in [0.2, 0.25) is 0 Å². The highest BCUT2D eigenvalue weighted by molar-refractivity contribution is 7.89. The fraction of sp³-hybridized carbons (Fsp3) is 0.360. The van der Waals surface area contributed by atoms with E-state index in [1.165, 1.54) is 10.4 Å². The van der Waals surface area contributed by atoms with Crippen LogP contribution in [0.1, 0.15) is 15.3 Å². The number of sulfonamides is 1. The molecule has 36 heavy (non-hydrogen) atoms. The van der Waals surface area contributed by atoms with Gasteiger partial charge in [0.1, 0.15) is 0 Å². The van der Waals surface area contributed by atoms with Crippen LogP contribution in [0.4, 0.5) is 11.4 Å². The van der Waals surface area contributed by atoms with Gasteiger partial charge in [0.15, 0.2) is 5.11 Å². The van der Waals surface area contributed by atoms with Gasteiger partial charge < -0.3 is 19.7 Å². The van der Waals surface area contributed by atoms with Crippen molar-refractivity contribution in [3.63, 3.8) is 0 Å². The van der Waals surface area contributed by atoms with Crippen LogP contribution in [-0.2, 0) is 24.3 Å². The van der Waals surface area contributed by atoms with E-state index in [0.717, 1.165) is 43.2 Å². The number of rotatable bonds is 6. The van der Waals surface area contributed by atoms with E-state index < -0.39 is 10.0 Å². The van der Waals surface area contributed by atoms with E-state index >= 15 is 0 Å². The first kappa shape index (κ1) is 26.2. The molecule has 0 saturated carbocycles. The van der Waals surface area contributed by atoms with Gasteiger partial charge in [0.2, 0.25) is 15.9 Å². The molecule has 0 radical (unpaired) electrons. The molecular weight excluding hydrogens is 500 g/mol. The highest BCUT2D eigenvalue weighted by atomic mass is 32.2. The van der Waals surface area contributed by atoms with Gasteiger partial charge in [-0.15, -0.1) is 0 Å². The molecule has 2 N–H and O–H groups in total. The normalized spacial score (nSPS) is 17.5. The first-order valence-corrected chi connectivity index (χ1v) is 13.6. The summed E-state index contributed by atoms with van der Waals surface area (Å²) in [6, 6.07) is 14.3. The predicted molar refractivity (Wildman–Crippen MR) is 148 cm³/mol. The number of hydrogen-bond donors (Lipinski definition) is 2. The maximum Gasteiger partial charge on any atom is 0.250 e. The van der Waals surface area contributed by atoms with Gasteiger partial charge in [0.25, 0.3) is 0 Å². The molecule has 0 spiro atoms. The Bertz CT molecular complexity index is 1210. The second-order valence-corrected chi connectivity index (χ2v) is 10.8. The molecule has 0 aromatic heterocycles. The summed E-state index contributed by atoms with van der Waals surface area (Å²) in [6.45, 7) is 6.42. The third-order valence-electron chi connectivity index (χ3n) is 6.00. The zero-order valence-electron chi connectivity index (χ0n) is 20.1. The van der Waals surface area contributed by atoms with Crippen molar-refractivity contribution in [1.29, 1.82) is 0 Å². The lowest BCUT2D eigenvalue weighted by atomic mass is 10.1. The number of carbonyl (C=O) groups is 1. The molecule has 2 heterocycles. The number of anilines is 2. The SMILES string of the molecule is C/C(=C\C(=O)NC(=S)Nc1ccc(N2CCOCC2)cc1)c1ccc(S(=O)(=O)N2CCOCC2)cc1.[HH].[HH]. The quantitative estimate of drug-likeness (QED) is 0.431. The first-order valence-electron chi connectivity index (χ1n) is 11.7. The van der Waals surface area contributed by atoms with Gasteiger partial charge in [-0.2, -0.15) is 4.31 Å². The highest BCUT2D eigenvalue weighted by Gasteiger charge is 2.26. The van der Waals surface area contributed by atoms with Crippen molar-refractivity contribution in [1.82, 2.24) is 9.62 Å². The summed E-state index contributed by atoms with van der Waals surface area (Å²) in [5, 5.41) is 5.86. The van der Waals surface area contributed by atoms with Crippen LogP contribution in [0.25, 0.3) is 5.57 Å². The summed E-state index contributed by atoms with van der Waals surface area (Å²) in [4.78, 5) is 14.9. The lowest BCUT2D eigenvalue weighted by molar-refractivity contribution is -0.115. The number of hydrogen-bond acceptors (Lipinski definition) is 7. The molecule has 0 bridgehead atoms. The van der Waals surface area contributed by atoms with E-state index in [1.807, 2.05) is 24.3 Å². The molecule has 1 amide bonds. The lowest BCUT2D eigenvalue weighted by Crippen LogP contribution is -2.40. The van der Waals surface area contributed by atoms with Crippen molar-refractivity contribution in [2.75, 3.05) is 62.8 Å². The summed E-state index contributed by atoms with van der Waals surface area (Å²) in [5.41, 5.74) is 3.31. The summed E-state index contributed by atoms with van der Waals surface area (Å²) < 4.78 is 37.6. The average Bonchev–Trinajstić information content (AvgIpc) is 2.90. The van der Waals surface area contributed by atoms with Gasteiger partial charge in [0.05, 0.1) is 31.3 Å². The number of thiocarbonyl (C=S) groups is 1. The van der Waals surface area contributed by atoms with Gasteiger partial charge in [-0.1, -0.05) is 12.1 Å². The van der Waals surface area contributed by atoms with E-state index in [4.69, 9.17) is 21.7 Å². The molecule has 2 aromatic rings. The first-order chi connectivity index (χ1) is 17.3. The molecule has 196 valence electrons. The molecule has 2 aliphatic rings. The topological polar surface area (TPSA) is 100 Å². The molecule has 4 rings (SSSR count). The van der Waals surface area contributed by atoms with Crippen LogP contribution >= 0.6 is 12.2 Å². The molecular formula is C25H34N4O5S2. The maximum absolute atomic E-state index is 12.8. The maximum atomic E-state index is 12.8. The second kappa shape index (κ2) is 11.9. The molecule has 2 aromatic carbocycles. The summed E-state index contributed by atoms with van der Waals surface area (Å²) >= 11 is 5.28. The molecule has 2 saturated heterocycles. The highest BCUT2D eigenvalue weighted by Crippen LogP contribution is 2.21. The fourth-order valence-corrected chi connectivity index (χ4v) is 5.62. The molecule has 0 aliphatic carbocycles. The minimum atomic E-state index is -3.56. The van der Waals surface area contributed by atoms with Crippen molar-refractivity contribution in [2.45, 2.75) is 11.8 Å². The van der Waals surface area contributed by atoms with E-state index in [-0.39, 0.29) is 18.8 Å². The third kappa shape index (κ3) is 6.68. The van der Waals surface area contributed by atoms with Crippen LogP contribution in [0, 0.1) is 0 Å². The number of morpholine rings is 2. The van der Waals surface area contributed by atoms with E-state index in [2.05, 4.69) is 15.5 Å². The largest absolute Gasteiger partial charge is 0.379 e. The van der Waals surface area contributed by atoms with E-state index in [9.17, 15) is 13.2 Å². The van der Waals surface area contributed by atoms with Crippen molar-refractivity contribution in [3.05, 3.63) is 60.2 Å². The summed E-state index contributed by atoms with van der Waals surface area (Å²) in [7, 11) is -3.56. The second-order valence-electron chi connectivity index (χ2n) is 8.46. The number of amides is 1. The van der Waals surface area contributed by atoms with E-state index in [1.54, 1.807) is 31.2 Å². The molecule has 2 fully saturated rings. The molecule has 9 nitrogen and oxygen atoms in total. The van der Waals surface area contributed by atoms with E-state index in [0.29, 0.717) is 31.9 Å². The smallest absolute Gasteiger partial charge is 0.250 e. The number of ether oxygens (including phenoxy) is 2. The Labute approximate surface area is 220 Å². The van der Waals surface area contributed by atoms with Crippen LogP contribution in [-0.4, -0.2) is 76.3 Å². The number of allylic oxidation sites excluding steroid dienone is 1. The van der Waals surface area contributed by atoms with Gasteiger partial charge in [-0.3, -0.25) is 10.1 Å². The Hall–Kier alpha value is -2.83. The van der Waals surface area contributed by atoms with Crippen molar-refractivity contribution >= 4 is 50.2 Å². The Morgan fingerprint density at radius 3 is 2.14 bits per heavy atom. The minimum absolute atomic E-state index is 0. The minimum Gasteiger partial charge on any atom is -0.379 e. The molecule has 0 unspecified atom stereocenters. The Kier molecular flexibility index (Phi) is 8.70. The third-order valence-corrected chi connectivity index (χ3v) is 8.12. The zero-order chi connectivity index (χ0) is 25.5. The van der Waals surface area contributed by atoms with Crippen LogP contribution in [0.5, 0.6) is 0 Å². The zero-order valence-corrected chi connectivity index (χ0v) is 21.7. The summed E-state index contributed by atoms with van der Waals surface area (Å²) in [5.74, 6) is -0.375. The van der Waals surface area contributed by atoms with Crippen molar-refractivity contribution < 1.29 is 25.5 Å². The number of benzene rings is 2. The predicted octanol–water partition coefficient (Wildman–Crippen LogP) is 2.95. The van der Waals surface area contributed by atoms with Gasteiger partial charge in [0, 0.05) is 46.5 Å². The number of nitrogens with zero attached hydrogens (tertiary/aromatic N) is 2. The number of carbonyl (C=O) groups excluding carboxylic acids is 1. The van der Waals surface area contributed by atoms with Crippen molar-refractivity contribution in [2.24, 2.45) is 0 Å². The molecule has 11 heteroatoms. The van der Waals surface area contributed by atoms with Crippen LogP contribution < -0.4 is 15.5 Å². The lowest BCUT2D eigenvalue weighted by Gasteiger charge is -2.28. The Morgan fingerprint density at radius 2 is 1.53 bits per heavy atom. The van der Waals surface area contributed by atoms with Gasteiger partial charge >= 0.3 is 0 Å². The summed E-state index contributed by atoms with van der Waals surface area (Å²) in [6.07, 6.45) is 1.43. The average molecular weight is 535 g/mol. The standard InChI is InChI=1S/C25H30N4O5S2.2H2/c1-19(20-2-8-23(9-3-20)36(31,32)29-12-16-34-17-13-29)18-24(30)27-25(35)26-21-4-6-22(7-5-21)28-10-14-33-15-11-28;;/h2-9,18H,10-17H2,1H3,(H2,26,27,30,35);2*1H/b19-18+;;. The van der Waals surface area contributed by atoms with Gasteiger partial charge in [-0.25, -0.2) is 8.42 Å².